The van der Waals surface area contributed by atoms with Crippen LogP contribution in [0.1, 0.15) is 24.8 Å². The van der Waals surface area contributed by atoms with Gasteiger partial charge in [0.15, 0.2) is 0 Å². The third-order valence-electron chi connectivity index (χ3n) is 3.47. The van der Waals surface area contributed by atoms with Crippen molar-refractivity contribution in [3.63, 3.8) is 0 Å². The molecule has 1 aliphatic rings. The van der Waals surface area contributed by atoms with E-state index in [9.17, 15) is 4.79 Å². The van der Waals surface area contributed by atoms with E-state index in [1.807, 2.05) is 24.3 Å². The maximum absolute atomic E-state index is 11.0. The van der Waals surface area contributed by atoms with Crippen LogP contribution in [0.3, 0.4) is 0 Å². The summed E-state index contributed by atoms with van der Waals surface area (Å²) in [6.07, 6.45) is 3.14. The van der Waals surface area contributed by atoms with Gasteiger partial charge in [-0.15, -0.1) is 0 Å². The Balaban J connectivity index is 1.88. The maximum atomic E-state index is 11.0. The number of ether oxygens (including phenoxy) is 1. The lowest BCUT2D eigenvalue weighted by molar-refractivity contribution is -0.137. The number of nitrogens with one attached hydrogen (secondary N) is 1. The van der Waals surface area contributed by atoms with Gasteiger partial charge in [-0.05, 0) is 37.0 Å². The lowest BCUT2D eigenvalue weighted by Crippen LogP contribution is -2.38. The van der Waals surface area contributed by atoms with Crippen molar-refractivity contribution in [2.75, 3.05) is 13.2 Å². The van der Waals surface area contributed by atoms with Gasteiger partial charge in [0.1, 0.15) is 0 Å². The van der Waals surface area contributed by atoms with E-state index in [1.54, 1.807) is 0 Å². The van der Waals surface area contributed by atoms with Crippen molar-refractivity contribution in [2.24, 2.45) is 0 Å². The van der Waals surface area contributed by atoms with E-state index in [1.165, 1.54) is 0 Å². The van der Waals surface area contributed by atoms with Crippen molar-refractivity contribution >= 4 is 17.6 Å². The van der Waals surface area contributed by atoms with Gasteiger partial charge >= 0.3 is 5.97 Å². The van der Waals surface area contributed by atoms with Crippen LogP contribution in [0.2, 0.25) is 5.02 Å². The van der Waals surface area contributed by atoms with Gasteiger partial charge in [-0.2, -0.15) is 0 Å². The van der Waals surface area contributed by atoms with Crippen LogP contribution in [0.25, 0.3) is 0 Å². The van der Waals surface area contributed by atoms with Crippen LogP contribution < -0.4 is 5.32 Å². The van der Waals surface area contributed by atoms with Crippen LogP contribution in [0.4, 0.5) is 0 Å². The first-order valence-corrected chi connectivity index (χ1v) is 7.32. The van der Waals surface area contributed by atoms with Gasteiger partial charge in [0.2, 0.25) is 0 Å². The van der Waals surface area contributed by atoms with E-state index in [0.717, 1.165) is 25.0 Å². The van der Waals surface area contributed by atoms with Crippen LogP contribution in [0, 0.1) is 0 Å². The molecule has 2 unspecified atom stereocenters. The van der Waals surface area contributed by atoms with Crippen LogP contribution in [-0.4, -0.2) is 36.4 Å². The molecule has 5 heteroatoms. The highest BCUT2D eigenvalue weighted by Crippen LogP contribution is 2.14. The monoisotopic (exact) mass is 297 g/mol. The summed E-state index contributed by atoms with van der Waals surface area (Å²) in [5.41, 5.74) is 1.08. The number of carboxylic acids is 1. The zero-order chi connectivity index (χ0) is 14.4. The molecule has 1 heterocycles. The highest BCUT2D eigenvalue weighted by molar-refractivity contribution is 6.30. The molecule has 0 aromatic heterocycles. The summed E-state index contributed by atoms with van der Waals surface area (Å²) < 4.78 is 5.55. The number of carboxylic acid groups (broad SMARTS) is 1. The molecular weight excluding hydrogens is 278 g/mol. The predicted molar refractivity (Wildman–Crippen MR) is 78.2 cm³/mol. The average Bonchev–Trinajstić information content (AvgIpc) is 2.91. The maximum Gasteiger partial charge on any atom is 0.304 e. The minimum Gasteiger partial charge on any atom is -0.481 e. The van der Waals surface area contributed by atoms with Crippen molar-refractivity contribution in [2.45, 2.75) is 37.8 Å². The van der Waals surface area contributed by atoms with E-state index in [2.05, 4.69) is 5.32 Å². The van der Waals surface area contributed by atoms with Gasteiger partial charge in [-0.25, -0.2) is 0 Å². The van der Waals surface area contributed by atoms with E-state index in [-0.39, 0.29) is 18.6 Å². The smallest absolute Gasteiger partial charge is 0.304 e. The van der Waals surface area contributed by atoms with Crippen molar-refractivity contribution in [3.05, 3.63) is 34.9 Å². The Labute approximate surface area is 124 Å². The molecule has 0 aliphatic carbocycles. The van der Waals surface area contributed by atoms with Crippen molar-refractivity contribution in [3.8, 4) is 0 Å². The molecule has 1 aliphatic heterocycles. The molecule has 1 fully saturated rings. The Morgan fingerprint density at radius 1 is 1.45 bits per heavy atom. The zero-order valence-electron chi connectivity index (χ0n) is 11.3. The first-order chi connectivity index (χ1) is 9.63. The number of rotatable bonds is 7. The minimum atomic E-state index is -0.788. The Bertz CT molecular complexity index is 429. The second-order valence-electron chi connectivity index (χ2n) is 5.17. The SMILES string of the molecule is O=C(O)CC(Cc1ccc(Cl)cc1)NCC1CCCO1. The van der Waals surface area contributed by atoms with Crippen LogP contribution in [0.15, 0.2) is 24.3 Å². The van der Waals surface area contributed by atoms with E-state index in [0.29, 0.717) is 18.0 Å². The largest absolute Gasteiger partial charge is 0.481 e. The summed E-state index contributed by atoms with van der Waals surface area (Å²) in [6.45, 7) is 1.53. The number of halogens is 1. The lowest BCUT2D eigenvalue weighted by Gasteiger charge is -2.19. The third kappa shape index (κ3) is 5.12. The molecule has 1 aromatic carbocycles. The number of benzene rings is 1. The molecule has 2 N–H and O–H groups in total. The highest BCUT2D eigenvalue weighted by atomic mass is 35.5. The fraction of sp³-hybridized carbons (Fsp3) is 0.533. The third-order valence-corrected chi connectivity index (χ3v) is 3.73. The number of hydrogen-bond acceptors (Lipinski definition) is 3. The molecule has 20 heavy (non-hydrogen) atoms. The van der Waals surface area contributed by atoms with Crippen molar-refractivity contribution < 1.29 is 14.6 Å². The number of carbonyl (C=O) groups is 1. The predicted octanol–water partition coefficient (Wildman–Crippen LogP) is 2.49. The van der Waals surface area contributed by atoms with E-state index in [4.69, 9.17) is 21.4 Å². The van der Waals surface area contributed by atoms with Crippen molar-refractivity contribution in [1.82, 2.24) is 5.32 Å². The normalized spacial score (nSPS) is 19.9. The average molecular weight is 298 g/mol. The minimum absolute atomic E-state index is 0.0853. The molecule has 0 radical (unpaired) electrons. The van der Waals surface area contributed by atoms with Gasteiger partial charge < -0.3 is 15.2 Å². The standard InChI is InChI=1S/C15H20ClNO3/c16-12-5-3-11(4-6-12)8-13(9-15(18)19)17-10-14-2-1-7-20-14/h3-6,13-14,17H,1-2,7-10H2,(H,18,19). The second kappa shape index (κ2) is 7.62. The number of aliphatic carboxylic acids is 1. The molecule has 1 saturated heterocycles. The Morgan fingerprint density at radius 3 is 2.80 bits per heavy atom. The summed E-state index contributed by atoms with van der Waals surface area (Å²) in [6, 6.07) is 7.44. The fourth-order valence-corrected chi connectivity index (χ4v) is 2.56. The molecule has 0 spiro atoms. The molecule has 0 saturated carbocycles. The zero-order valence-corrected chi connectivity index (χ0v) is 12.1. The summed E-state index contributed by atoms with van der Waals surface area (Å²) >= 11 is 5.85. The van der Waals surface area contributed by atoms with Crippen LogP contribution >= 0.6 is 11.6 Å². The van der Waals surface area contributed by atoms with Crippen molar-refractivity contribution in [1.29, 1.82) is 0 Å². The molecule has 0 bridgehead atoms. The Kier molecular flexibility index (Phi) is 5.83. The van der Waals surface area contributed by atoms with Crippen LogP contribution in [0.5, 0.6) is 0 Å². The second-order valence-corrected chi connectivity index (χ2v) is 5.61. The van der Waals surface area contributed by atoms with Gasteiger partial charge in [0.05, 0.1) is 12.5 Å². The quantitative estimate of drug-likeness (QED) is 0.812. The van der Waals surface area contributed by atoms with Gasteiger partial charge in [-0.3, -0.25) is 4.79 Å². The summed E-state index contributed by atoms with van der Waals surface area (Å²) in [5.74, 6) is -0.788. The molecule has 1 aromatic rings. The fourth-order valence-electron chi connectivity index (χ4n) is 2.44. The van der Waals surface area contributed by atoms with Crippen LogP contribution in [-0.2, 0) is 16.0 Å². The van der Waals surface area contributed by atoms with E-state index >= 15 is 0 Å². The first-order valence-electron chi connectivity index (χ1n) is 6.94. The summed E-state index contributed by atoms with van der Waals surface area (Å²) in [4.78, 5) is 11.0. The Morgan fingerprint density at radius 2 is 2.20 bits per heavy atom. The molecule has 4 nitrogen and oxygen atoms in total. The molecule has 2 atom stereocenters. The lowest BCUT2D eigenvalue weighted by atomic mass is 10.0. The van der Waals surface area contributed by atoms with Gasteiger partial charge in [0, 0.05) is 24.2 Å². The van der Waals surface area contributed by atoms with Gasteiger partial charge in [0.25, 0.3) is 0 Å². The summed E-state index contributed by atoms with van der Waals surface area (Å²) in [7, 11) is 0. The first kappa shape index (κ1) is 15.3. The molecule has 0 amide bonds. The number of hydrogen-bond donors (Lipinski definition) is 2. The van der Waals surface area contributed by atoms with Gasteiger partial charge in [-0.1, -0.05) is 23.7 Å². The highest BCUT2D eigenvalue weighted by Gasteiger charge is 2.19. The summed E-state index contributed by atoms with van der Waals surface area (Å²) in [5, 5.41) is 13.0. The topological polar surface area (TPSA) is 58.6 Å². The Hall–Kier alpha value is -1.10. The molecule has 110 valence electrons. The molecular formula is C15H20ClNO3. The molecule has 2 rings (SSSR count). The van der Waals surface area contributed by atoms with E-state index < -0.39 is 5.97 Å².